The molecule has 124 valence electrons. The molecule has 1 saturated carbocycles. The molecule has 7 heteroatoms. The number of thiazole rings is 1. The minimum Gasteiger partial charge on any atom is -0.368 e. The molecule has 2 heterocycles. The highest BCUT2D eigenvalue weighted by Gasteiger charge is 2.56. The van der Waals surface area contributed by atoms with Gasteiger partial charge in [-0.05, 0) is 42.9 Å². The fourth-order valence-electron chi connectivity index (χ4n) is 3.57. The predicted molar refractivity (Wildman–Crippen MR) is 92.9 cm³/mol. The van der Waals surface area contributed by atoms with Crippen molar-refractivity contribution in [3.63, 3.8) is 0 Å². The molecule has 1 aromatic heterocycles. The van der Waals surface area contributed by atoms with Crippen molar-refractivity contribution in [1.29, 1.82) is 0 Å². The van der Waals surface area contributed by atoms with E-state index in [4.69, 9.17) is 17.3 Å². The lowest BCUT2D eigenvalue weighted by Gasteiger charge is -2.24. The molecule has 0 unspecified atom stereocenters. The number of piperidine rings is 1. The third-order valence-electron chi connectivity index (χ3n) is 4.73. The van der Waals surface area contributed by atoms with Crippen LogP contribution in [0.25, 0.3) is 10.4 Å². The highest BCUT2D eigenvalue weighted by atomic mass is 35.5. The van der Waals surface area contributed by atoms with E-state index in [1.54, 1.807) is 11.0 Å². The second-order valence-electron chi connectivity index (χ2n) is 6.39. The van der Waals surface area contributed by atoms with Crippen molar-refractivity contribution < 1.29 is 9.59 Å². The Kier molecular flexibility index (Phi) is 3.62. The summed E-state index contributed by atoms with van der Waals surface area (Å²) in [5.74, 6) is -0.0171. The minimum atomic E-state index is -0.503. The summed E-state index contributed by atoms with van der Waals surface area (Å²) in [7, 11) is 0. The average Bonchev–Trinajstić information content (AvgIpc) is 3.01. The van der Waals surface area contributed by atoms with Crippen molar-refractivity contribution >= 4 is 34.8 Å². The Morgan fingerprint density at radius 3 is 2.92 bits per heavy atom. The molecule has 2 amide bonds. The molecule has 2 aliphatic rings. The number of nitrogens with two attached hydrogens (primary N) is 1. The summed E-state index contributed by atoms with van der Waals surface area (Å²) in [5, 5.41) is 1.41. The molecule has 1 aromatic carbocycles. The molecule has 5 nitrogen and oxygen atoms in total. The number of primary amides is 1. The normalized spacial score (nSPS) is 24.8. The Hall–Kier alpha value is -1.92. The number of halogens is 1. The van der Waals surface area contributed by atoms with Gasteiger partial charge in [0.25, 0.3) is 5.91 Å². The Morgan fingerprint density at radius 2 is 2.21 bits per heavy atom. The second kappa shape index (κ2) is 5.57. The van der Waals surface area contributed by atoms with Gasteiger partial charge < -0.3 is 10.6 Å². The lowest BCUT2D eigenvalue weighted by Crippen LogP contribution is -2.46. The SMILES string of the molecule is Cc1nc(C(=O)N2C[C@H]3C[C@H]3[C@H]2C(N)=O)c(-c2cccc(Cl)c2)s1. The molecule has 0 bridgehead atoms. The number of benzene rings is 1. The Balaban J connectivity index is 1.72. The molecular formula is C17H16ClN3O2S. The Bertz CT molecular complexity index is 850. The highest BCUT2D eigenvalue weighted by molar-refractivity contribution is 7.15. The van der Waals surface area contributed by atoms with Crippen LogP contribution in [0.15, 0.2) is 24.3 Å². The second-order valence-corrected chi connectivity index (χ2v) is 8.02. The first-order valence-electron chi connectivity index (χ1n) is 7.79. The molecule has 0 radical (unpaired) electrons. The van der Waals surface area contributed by atoms with Crippen molar-refractivity contribution in [3.05, 3.63) is 40.0 Å². The third-order valence-corrected chi connectivity index (χ3v) is 5.98. The zero-order valence-electron chi connectivity index (χ0n) is 13.0. The number of rotatable bonds is 3. The third kappa shape index (κ3) is 2.50. The predicted octanol–water partition coefficient (Wildman–Crippen LogP) is 2.72. The Labute approximate surface area is 148 Å². The fraction of sp³-hybridized carbons (Fsp3) is 0.353. The molecule has 3 atom stereocenters. The fourth-order valence-corrected chi connectivity index (χ4v) is 4.67. The van der Waals surface area contributed by atoms with Crippen LogP contribution >= 0.6 is 22.9 Å². The summed E-state index contributed by atoms with van der Waals surface area (Å²) in [4.78, 5) is 31.6. The van der Waals surface area contributed by atoms with Gasteiger partial charge in [0.2, 0.25) is 5.91 Å². The van der Waals surface area contributed by atoms with Gasteiger partial charge in [-0.25, -0.2) is 4.98 Å². The summed E-state index contributed by atoms with van der Waals surface area (Å²) in [6, 6.07) is 6.85. The number of fused-ring (bicyclic) bond motifs is 1. The quantitative estimate of drug-likeness (QED) is 0.913. The van der Waals surface area contributed by atoms with Gasteiger partial charge in [-0.1, -0.05) is 23.7 Å². The number of aromatic nitrogens is 1. The van der Waals surface area contributed by atoms with Crippen LogP contribution in [0.2, 0.25) is 5.02 Å². The molecule has 2 aromatic rings. The molecule has 1 aliphatic heterocycles. The van der Waals surface area contributed by atoms with E-state index < -0.39 is 11.9 Å². The number of hydrogen-bond donors (Lipinski definition) is 1. The number of amides is 2. The van der Waals surface area contributed by atoms with Gasteiger partial charge in [0.05, 0.1) is 9.88 Å². The first-order valence-corrected chi connectivity index (χ1v) is 8.99. The molecular weight excluding hydrogens is 346 g/mol. The number of likely N-dealkylation sites (tertiary alicyclic amines) is 1. The average molecular weight is 362 g/mol. The van der Waals surface area contributed by atoms with E-state index in [-0.39, 0.29) is 11.8 Å². The van der Waals surface area contributed by atoms with Crippen molar-refractivity contribution in [3.8, 4) is 10.4 Å². The van der Waals surface area contributed by atoms with Crippen LogP contribution in [-0.4, -0.2) is 34.3 Å². The lowest BCUT2D eigenvalue weighted by atomic mass is 10.1. The van der Waals surface area contributed by atoms with Gasteiger partial charge in [0, 0.05) is 11.6 Å². The summed E-state index contributed by atoms with van der Waals surface area (Å²) < 4.78 is 0. The van der Waals surface area contributed by atoms with E-state index in [9.17, 15) is 9.59 Å². The van der Waals surface area contributed by atoms with E-state index in [2.05, 4.69) is 4.98 Å². The van der Waals surface area contributed by atoms with Crippen molar-refractivity contribution in [2.45, 2.75) is 19.4 Å². The molecule has 24 heavy (non-hydrogen) atoms. The monoisotopic (exact) mass is 361 g/mol. The van der Waals surface area contributed by atoms with Crippen LogP contribution in [0.4, 0.5) is 0 Å². The van der Waals surface area contributed by atoms with Crippen LogP contribution in [0, 0.1) is 18.8 Å². The topological polar surface area (TPSA) is 76.3 Å². The number of aryl methyl sites for hydroxylation is 1. The van der Waals surface area contributed by atoms with E-state index in [0.29, 0.717) is 23.2 Å². The highest BCUT2D eigenvalue weighted by Crippen LogP contribution is 2.50. The van der Waals surface area contributed by atoms with E-state index in [1.807, 2.05) is 25.1 Å². The summed E-state index contributed by atoms with van der Waals surface area (Å²) >= 11 is 7.53. The zero-order chi connectivity index (χ0) is 17.0. The molecule has 1 saturated heterocycles. The number of carbonyl (C=O) groups is 2. The van der Waals surface area contributed by atoms with E-state index in [1.165, 1.54) is 11.3 Å². The van der Waals surface area contributed by atoms with E-state index >= 15 is 0 Å². The number of carbonyl (C=O) groups excluding carboxylic acids is 2. The molecule has 2 N–H and O–H groups in total. The molecule has 4 rings (SSSR count). The standard InChI is InChI=1S/C17H16ClN3O2S/c1-8-20-13(15(24-8)9-3-2-4-11(18)5-9)17(23)21-7-10-6-12(10)14(21)16(19)22/h2-5,10,12,14H,6-7H2,1H3,(H2,19,22)/t10-,12-,14+/m1/s1. The van der Waals surface area contributed by atoms with E-state index in [0.717, 1.165) is 21.9 Å². The van der Waals surface area contributed by atoms with Gasteiger partial charge in [0.15, 0.2) is 0 Å². The first kappa shape index (κ1) is 15.6. The van der Waals surface area contributed by atoms with Gasteiger partial charge in [-0.3, -0.25) is 9.59 Å². The largest absolute Gasteiger partial charge is 0.368 e. The first-order chi connectivity index (χ1) is 11.5. The maximum Gasteiger partial charge on any atom is 0.274 e. The Morgan fingerprint density at radius 1 is 1.42 bits per heavy atom. The van der Waals surface area contributed by atoms with Gasteiger partial charge in [-0.15, -0.1) is 11.3 Å². The number of nitrogens with zero attached hydrogens (tertiary/aromatic N) is 2. The maximum absolute atomic E-state index is 13.0. The van der Waals surface area contributed by atoms with Gasteiger partial charge in [0.1, 0.15) is 11.7 Å². The van der Waals surface area contributed by atoms with Gasteiger partial charge >= 0.3 is 0 Å². The lowest BCUT2D eigenvalue weighted by molar-refractivity contribution is -0.122. The van der Waals surface area contributed by atoms with Crippen LogP contribution in [0.3, 0.4) is 0 Å². The molecule has 2 fully saturated rings. The van der Waals surface area contributed by atoms with Crippen molar-refractivity contribution in [2.24, 2.45) is 17.6 Å². The van der Waals surface area contributed by atoms with Crippen LogP contribution in [-0.2, 0) is 4.79 Å². The number of hydrogen-bond acceptors (Lipinski definition) is 4. The minimum absolute atomic E-state index is 0.217. The summed E-state index contributed by atoms with van der Waals surface area (Å²) in [6.07, 6.45) is 0.981. The van der Waals surface area contributed by atoms with Crippen molar-refractivity contribution in [2.75, 3.05) is 6.54 Å². The van der Waals surface area contributed by atoms with Crippen LogP contribution in [0.1, 0.15) is 21.9 Å². The van der Waals surface area contributed by atoms with Gasteiger partial charge in [-0.2, -0.15) is 0 Å². The zero-order valence-corrected chi connectivity index (χ0v) is 14.6. The van der Waals surface area contributed by atoms with Crippen LogP contribution < -0.4 is 5.73 Å². The van der Waals surface area contributed by atoms with Crippen LogP contribution in [0.5, 0.6) is 0 Å². The smallest absolute Gasteiger partial charge is 0.274 e. The maximum atomic E-state index is 13.0. The summed E-state index contributed by atoms with van der Waals surface area (Å²) in [6.45, 7) is 2.45. The molecule has 0 spiro atoms. The molecule has 1 aliphatic carbocycles. The van der Waals surface area contributed by atoms with Crippen molar-refractivity contribution in [1.82, 2.24) is 9.88 Å². The summed E-state index contributed by atoms with van der Waals surface area (Å²) in [5.41, 5.74) is 6.77.